The Balaban J connectivity index is 3.10. The molecule has 0 saturated carbocycles. The number of ketones is 1. The maximum Gasteiger partial charge on any atom is 0.160 e. The molecule has 1 N–H and O–H groups in total. The highest BCUT2D eigenvalue weighted by Gasteiger charge is 2.06. The first-order chi connectivity index (χ1) is 6.15. The summed E-state index contributed by atoms with van der Waals surface area (Å²) in [6.45, 7) is 1.99. The van der Waals surface area contributed by atoms with Gasteiger partial charge in [-0.1, -0.05) is 0 Å². The van der Waals surface area contributed by atoms with Gasteiger partial charge in [-0.25, -0.2) is 4.39 Å². The van der Waals surface area contributed by atoms with Gasteiger partial charge < -0.3 is 5.32 Å². The van der Waals surface area contributed by atoms with E-state index < -0.39 is 0 Å². The lowest BCUT2D eigenvalue weighted by Gasteiger charge is -2.05. The minimum absolute atomic E-state index is 0.0368. The van der Waals surface area contributed by atoms with Gasteiger partial charge in [0.25, 0.3) is 0 Å². The number of carbonyl (C=O) groups excluding carboxylic acids is 1. The van der Waals surface area contributed by atoms with Gasteiger partial charge in [-0.15, -0.1) is 0 Å². The first kappa shape index (κ1) is 9.86. The number of hydrogen-bond donors (Lipinski definition) is 1. The predicted octanol–water partition coefficient (Wildman–Crippen LogP) is 1.75. The zero-order valence-corrected chi connectivity index (χ0v) is 7.73. The number of nitrogens with one attached hydrogen (secondary N) is 1. The molecule has 2 nitrogen and oxygen atoms in total. The Bertz CT molecular complexity index is 323. The molecule has 0 bridgehead atoms. The maximum atomic E-state index is 12.8. The molecule has 0 aromatic heterocycles. The van der Waals surface area contributed by atoms with E-state index >= 15 is 0 Å². The summed E-state index contributed by atoms with van der Waals surface area (Å²) in [6.07, 6.45) is 0. The summed E-state index contributed by atoms with van der Waals surface area (Å²) in [7, 11) is 1.76. The van der Waals surface area contributed by atoms with Gasteiger partial charge in [0.2, 0.25) is 0 Å². The average molecular weight is 181 g/mol. The van der Waals surface area contributed by atoms with E-state index in [-0.39, 0.29) is 11.6 Å². The first-order valence-electron chi connectivity index (χ1n) is 4.09. The molecule has 1 aromatic carbocycles. The molecule has 0 aliphatic heterocycles. The third kappa shape index (κ3) is 2.36. The van der Waals surface area contributed by atoms with Crippen LogP contribution in [-0.4, -0.2) is 12.8 Å². The molecule has 0 amide bonds. The van der Waals surface area contributed by atoms with Crippen LogP contribution >= 0.6 is 0 Å². The monoisotopic (exact) mass is 181 g/mol. The number of benzene rings is 1. The third-order valence-corrected chi connectivity index (χ3v) is 1.81. The van der Waals surface area contributed by atoms with E-state index in [1.54, 1.807) is 7.05 Å². The van der Waals surface area contributed by atoms with Gasteiger partial charge in [0.1, 0.15) is 5.82 Å². The summed E-state index contributed by atoms with van der Waals surface area (Å²) >= 11 is 0. The summed E-state index contributed by atoms with van der Waals surface area (Å²) in [5.41, 5.74) is 1.28. The molecule has 70 valence electrons. The molecule has 0 unspecified atom stereocenters. The van der Waals surface area contributed by atoms with Crippen molar-refractivity contribution in [2.45, 2.75) is 13.5 Å². The van der Waals surface area contributed by atoms with Crippen molar-refractivity contribution in [3.05, 3.63) is 35.1 Å². The summed E-state index contributed by atoms with van der Waals surface area (Å²) in [6, 6.07) is 4.20. The van der Waals surface area contributed by atoms with Crippen LogP contribution in [0.1, 0.15) is 22.8 Å². The predicted molar refractivity (Wildman–Crippen MR) is 49.2 cm³/mol. The van der Waals surface area contributed by atoms with Crippen molar-refractivity contribution >= 4 is 5.78 Å². The van der Waals surface area contributed by atoms with Crippen LogP contribution in [0.2, 0.25) is 0 Å². The number of hydrogen-bond acceptors (Lipinski definition) is 2. The summed E-state index contributed by atoms with van der Waals surface area (Å²) in [5.74, 6) is -0.347. The molecule has 0 aliphatic rings. The minimum Gasteiger partial charge on any atom is -0.316 e. The van der Waals surface area contributed by atoms with Gasteiger partial charge in [-0.2, -0.15) is 0 Å². The normalized spacial score (nSPS) is 10.1. The molecule has 0 heterocycles. The van der Waals surface area contributed by atoms with Crippen molar-refractivity contribution in [1.82, 2.24) is 5.32 Å². The Morgan fingerprint density at radius 1 is 1.54 bits per heavy atom. The molecule has 13 heavy (non-hydrogen) atoms. The van der Waals surface area contributed by atoms with Crippen LogP contribution < -0.4 is 5.32 Å². The molecule has 0 spiro atoms. The van der Waals surface area contributed by atoms with Crippen LogP contribution in [0.4, 0.5) is 4.39 Å². The third-order valence-electron chi connectivity index (χ3n) is 1.81. The van der Waals surface area contributed by atoms with E-state index in [4.69, 9.17) is 0 Å². The Hall–Kier alpha value is -1.22. The van der Waals surface area contributed by atoms with Gasteiger partial charge >= 0.3 is 0 Å². The smallest absolute Gasteiger partial charge is 0.160 e. The quantitative estimate of drug-likeness (QED) is 0.720. The van der Waals surface area contributed by atoms with Crippen LogP contribution in [0, 0.1) is 5.82 Å². The summed E-state index contributed by atoms with van der Waals surface area (Å²) < 4.78 is 12.8. The van der Waals surface area contributed by atoms with Crippen LogP contribution in [0.15, 0.2) is 18.2 Å². The van der Waals surface area contributed by atoms with Gasteiger partial charge in [-0.05, 0) is 37.7 Å². The fraction of sp³-hybridized carbons (Fsp3) is 0.300. The number of Topliss-reactive ketones (excluding diaryl/α,β-unsaturated/α-hetero) is 1. The molecule has 1 rings (SSSR count). The number of rotatable bonds is 3. The summed E-state index contributed by atoms with van der Waals surface area (Å²) in [5, 5.41) is 2.89. The van der Waals surface area contributed by atoms with Crippen molar-refractivity contribution in [1.29, 1.82) is 0 Å². The molecule has 0 radical (unpaired) electrons. The van der Waals surface area contributed by atoms with Crippen LogP contribution in [-0.2, 0) is 6.54 Å². The second-order valence-corrected chi connectivity index (χ2v) is 2.89. The lowest BCUT2D eigenvalue weighted by Crippen LogP contribution is -2.10. The van der Waals surface area contributed by atoms with Crippen molar-refractivity contribution in [2.75, 3.05) is 7.05 Å². The first-order valence-corrected chi connectivity index (χ1v) is 4.09. The summed E-state index contributed by atoms with van der Waals surface area (Å²) in [4.78, 5) is 11.1. The molecule has 3 heteroatoms. The fourth-order valence-corrected chi connectivity index (χ4v) is 1.24. The van der Waals surface area contributed by atoms with Crippen molar-refractivity contribution < 1.29 is 9.18 Å². The molecular weight excluding hydrogens is 169 g/mol. The Kier molecular flexibility index (Phi) is 3.14. The second kappa shape index (κ2) is 4.14. The highest BCUT2D eigenvalue weighted by Crippen LogP contribution is 2.11. The van der Waals surface area contributed by atoms with E-state index in [0.29, 0.717) is 17.7 Å². The van der Waals surface area contributed by atoms with Crippen molar-refractivity contribution in [2.24, 2.45) is 0 Å². The second-order valence-electron chi connectivity index (χ2n) is 2.89. The highest BCUT2D eigenvalue weighted by atomic mass is 19.1. The number of halogens is 1. The molecule has 0 saturated heterocycles. The minimum atomic E-state index is -0.310. The van der Waals surface area contributed by atoms with Gasteiger partial charge in [0.05, 0.1) is 0 Å². The van der Waals surface area contributed by atoms with Crippen molar-refractivity contribution in [3.63, 3.8) is 0 Å². The highest BCUT2D eigenvalue weighted by molar-refractivity contribution is 5.95. The maximum absolute atomic E-state index is 12.8. The van der Waals surface area contributed by atoms with E-state index in [0.717, 1.165) is 0 Å². The fourth-order valence-electron chi connectivity index (χ4n) is 1.24. The SMILES string of the molecule is CNCc1cc(F)ccc1C(C)=O. The van der Waals surface area contributed by atoms with Crippen LogP contribution in [0.25, 0.3) is 0 Å². The Labute approximate surface area is 76.8 Å². The van der Waals surface area contributed by atoms with Crippen molar-refractivity contribution in [3.8, 4) is 0 Å². The van der Waals surface area contributed by atoms with Crippen LogP contribution in [0.3, 0.4) is 0 Å². The molecule has 0 atom stereocenters. The topological polar surface area (TPSA) is 29.1 Å². The molecule has 0 fully saturated rings. The van der Waals surface area contributed by atoms with Crippen LogP contribution in [0.5, 0.6) is 0 Å². The van der Waals surface area contributed by atoms with Gasteiger partial charge in [0, 0.05) is 12.1 Å². The standard InChI is InChI=1S/C10H12FNO/c1-7(13)10-4-3-9(11)5-8(10)6-12-2/h3-5,12H,6H2,1-2H3. The van der Waals surface area contributed by atoms with Gasteiger partial charge in [0.15, 0.2) is 5.78 Å². The lowest BCUT2D eigenvalue weighted by molar-refractivity contribution is 0.101. The molecule has 1 aromatic rings. The van der Waals surface area contributed by atoms with E-state index in [1.807, 2.05) is 0 Å². The molecular formula is C10H12FNO. The molecule has 0 aliphatic carbocycles. The Morgan fingerprint density at radius 3 is 2.77 bits per heavy atom. The number of carbonyl (C=O) groups is 1. The zero-order chi connectivity index (χ0) is 9.84. The van der Waals surface area contributed by atoms with E-state index in [9.17, 15) is 9.18 Å². The van der Waals surface area contributed by atoms with E-state index in [2.05, 4.69) is 5.32 Å². The zero-order valence-electron chi connectivity index (χ0n) is 7.73. The van der Waals surface area contributed by atoms with Gasteiger partial charge in [-0.3, -0.25) is 4.79 Å². The largest absolute Gasteiger partial charge is 0.316 e. The van der Waals surface area contributed by atoms with E-state index in [1.165, 1.54) is 25.1 Å². The Morgan fingerprint density at radius 2 is 2.23 bits per heavy atom. The average Bonchev–Trinajstić information content (AvgIpc) is 2.04. The lowest BCUT2D eigenvalue weighted by atomic mass is 10.0.